The highest BCUT2D eigenvalue weighted by Crippen LogP contribution is 2.28. The summed E-state index contributed by atoms with van der Waals surface area (Å²) in [6.07, 6.45) is 0. The molecule has 9 heteroatoms. The van der Waals surface area contributed by atoms with Gasteiger partial charge in [-0.15, -0.1) is 10.2 Å². The Kier molecular flexibility index (Phi) is 5.98. The quantitative estimate of drug-likeness (QED) is 0.338. The number of methoxy groups -OCH3 is 1. The maximum absolute atomic E-state index is 12.3. The number of carbonyl (C=O) groups excluding carboxylic acids is 1. The molecule has 148 valence electrons. The van der Waals surface area contributed by atoms with Crippen LogP contribution in [0.15, 0.2) is 54.6 Å². The zero-order chi connectivity index (χ0) is 20.8. The fourth-order valence-electron chi connectivity index (χ4n) is 2.53. The van der Waals surface area contributed by atoms with E-state index in [9.17, 15) is 14.9 Å². The van der Waals surface area contributed by atoms with E-state index < -0.39 is 10.9 Å². The van der Waals surface area contributed by atoms with E-state index in [2.05, 4.69) is 10.2 Å². The monoisotopic (exact) mass is 395 g/mol. The minimum atomic E-state index is -0.793. The van der Waals surface area contributed by atoms with E-state index in [4.69, 9.17) is 14.2 Å². The Morgan fingerprint density at radius 1 is 1.07 bits per heavy atom. The van der Waals surface area contributed by atoms with E-state index in [1.54, 1.807) is 6.07 Å². The number of esters is 1. The Morgan fingerprint density at radius 2 is 1.83 bits per heavy atom. The molecule has 9 nitrogen and oxygen atoms in total. The van der Waals surface area contributed by atoms with E-state index in [1.807, 2.05) is 31.2 Å². The second-order valence-corrected chi connectivity index (χ2v) is 5.75. The van der Waals surface area contributed by atoms with Gasteiger partial charge in [-0.2, -0.15) is 0 Å². The van der Waals surface area contributed by atoms with Crippen molar-refractivity contribution in [3.63, 3.8) is 0 Å². The molecule has 0 radical (unpaired) electrons. The molecule has 0 amide bonds. The topological polar surface area (TPSA) is 114 Å². The van der Waals surface area contributed by atoms with Crippen LogP contribution < -0.4 is 14.2 Å². The predicted molar refractivity (Wildman–Crippen MR) is 103 cm³/mol. The molecule has 29 heavy (non-hydrogen) atoms. The molecule has 3 rings (SSSR count). The van der Waals surface area contributed by atoms with Crippen molar-refractivity contribution in [3.05, 3.63) is 70.3 Å². The second kappa shape index (κ2) is 8.79. The largest absolute Gasteiger partial charge is 0.494 e. The maximum atomic E-state index is 12.3. The first-order valence-corrected chi connectivity index (χ1v) is 8.63. The van der Waals surface area contributed by atoms with Crippen molar-refractivity contribution in [2.75, 3.05) is 13.7 Å². The van der Waals surface area contributed by atoms with Gasteiger partial charge in [0.1, 0.15) is 5.75 Å². The molecule has 0 fully saturated rings. The van der Waals surface area contributed by atoms with Crippen molar-refractivity contribution >= 4 is 11.7 Å². The summed E-state index contributed by atoms with van der Waals surface area (Å²) in [5.74, 6) is -0.0172. The van der Waals surface area contributed by atoms with Crippen LogP contribution >= 0.6 is 0 Å². The molecule has 2 aromatic carbocycles. The van der Waals surface area contributed by atoms with Gasteiger partial charge in [-0.3, -0.25) is 10.1 Å². The van der Waals surface area contributed by atoms with Gasteiger partial charge in [0.15, 0.2) is 5.75 Å². The van der Waals surface area contributed by atoms with Crippen LogP contribution in [0.5, 0.6) is 17.4 Å². The van der Waals surface area contributed by atoms with Gasteiger partial charge in [0.05, 0.1) is 29.9 Å². The normalized spacial score (nSPS) is 10.3. The van der Waals surface area contributed by atoms with Crippen molar-refractivity contribution in [1.82, 2.24) is 10.2 Å². The number of benzene rings is 2. The third-order valence-corrected chi connectivity index (χ3v) is 3.91. The average molecular weight is 395 g/mol. The number of nitro groups is 1. The van der Waals surface area contributed by atoms with Gasteiger partial charge in [0.2, 0.25) is 5.88 Å². The highest BCUT2D eigenvalue weighted by Gasteiger charge is 2.19. The molecular weight excluding hydrogens is 378 g/mol. The van der Waals surface area contributed by atoms with Crippen LogP contribution in [0.3, 0.4) is 0 Å². The molecule has 1 heterocycles. The van der Waals surface area contributed by atoms with Crippen molar-refractivity contribution in [2.24, 2.45) is 0 Å². The Hall–Kier alpha value is -4.01. The molecule has 0 aliphatic carbocycles. The Bertz CT molecular complexity index is 1020. The minimum absolute atomic E-state index is 0.00473. The lowest BCUT2D eigenvalue weighted by Crippen LogP contribution is -2.10. The molecule has 1 aromatic heterocycles. The first-order valence-electron chi connectivity index (χ1n) is 8.63. The highest BCUT2D eigenvalue weighted by molar-refractivity contribution is 5.92. The number of rotatable bonds is 7. The molecule has 0 N–H and O–H groups in total. The summed E-state index contributed by atoms with van der Waals surface area (Å²) >= 11 is 0. The molecular formula is C20H17N3O6. The summed E-state index contributed by atoms with van der Waals surface area (Å²) in [4.78, 5) is 22.7. The molecule has 0 spiro atoms. The van der Waals surface area contributed by atoms with Gasteiger partial charge in [-0.25, -0.2) is 4.79 Å². The van der Waals surface area contributed by atoms with E-state index >= 15 is 0 Å². The lowest BCUT2D eigenvalue weighted by atomic mass is 10.1. The van der Waals surface area contributed by atoms with E-state index in [1.165, 1.54) is 25.3 Å². The van der Waals surface area contributed by atoms with Gasteiger partial charge in [0.25, 0.3) is 0 Å². The molecule has 0 saturated heterocycles. The smallest absolute Gasteiger partial charge is 0.345 e. The van der Waals surface area contributed by atoms with Crippen LogP contribution in [0.4, 0.5) is 5.69 Å². The number of aromatic nitrogens is 2. The van der Waals surface area contributed by atoms with E-state index in [-0.39, 0.29) is 22.9 Å². The molecule has 3 aromatic rings. The maximum Gasteiger partial charge on any atom is 0.345 e. The standard InChI is InChI=1S/C20H17N3O6/c1-3-28-15-7-4-13(5-8-15)16-9-11-19(22-21-16)29-20(24)14-6-10-18(27-2)17(12-14)23(25)26/h4-12H,3H2,1-2H3. The van der Waals surface area contributed by atoms with Gasteiger partial charge in [0, 0.05) is 17.7 Å². The van der Waals surface area contributed by atoms with E-state index in [0.717, 1.165) is 17.4 Å². The molecule has 0 aliphatic heterocycles. The number of hydrogen-bond donors (Lipinski definition) is 0. The molecule has 0 aliphatic rings. The van der Waals surface area contributed by atoms with Crippen molar-refractivity contribution < 1.29 is 23.9 Å². The summed E-state index contributed by atoms with van der Waals surface area (Å²) in [5.41, 5.74) is 1.08. The number of nitro benzene ring substituents is 1. The van der Waals surface area contributed by atoms with Gasteiger partial charge < -0.3 is 14.2 Å². The molecule has 0 saturated carbocycles. The number of ether oxygens (including phenoxy) is 3. The van der Waals surface area contributed by atoms with Crippen molar-refractivity contribution in [2.45, 2.75) is 6.92 Å². The highest BCUT2D eigenvalue weighted by atomic mass is 16.6. The fourth-order valence-corrected chi connectivity index (χ4v) is 2.53. The predicted octanol–water partition coefficient (Wildman–Crippen LogP) is 3.68. The lowest BCUT2D eigenvalue weighted by Gasteiger charge is -2.06. The molecule has 0 unspecified atom stereocenters. The summed E-state index contributed by atoms with van der Waals surface area (Å²) in [5, 5.41) is 19.0. The zero-order valence-electron chi connectivity index (χ0n) is 15.7. The third-order valence-electron chi connectivity index (χ3n) is 3.91. The summed E-state index contributed by atoms with van der Waals surface area (Å²) < 4.78 is 15.5. The SMILES string of the molecule is CCOc1ccc(-c2ccc(OC(=O)c3ccc(OC)c([N+](=O)[O-])c3)nn2)cc1. The summed E-state index contributed by atoms with van der Waals surface area (Å²) in [6, 6.07) is 14.3. The Morgan fingerprint density at radius 3 is 2.41 bits per heavy atom. The van der Waals surface area contributed by atoms with Crippen LogP contribution in [0, 0.1) is 10.1 Å². The van der Waals surface area contributed by atoms with Crippen LogP contribution in [0.25, 0.3) is 11.3 Å². The first kappa shape index (κ1) is 19.7. The van der Waals surface area contributed by atoms with E-state index in [0.29, 0.717) is 12.3 Å². The summed E-state index contributed by atoms with van der Waals surface area (Å²) in [6.45, 7) is 2.49. The Balaban J connectivity index is 1.73. The number of hydrogen-bond acceptors (Lipinski definition) is 8. The molecule has 0 atom stereocenters. The van der Waals surface area contributed by atoms with Crippen LogP contribution in [-0.4, -0.2) is 34.8 Å². The van der Waals surface area contributed by atoms with Gasteiger partial charge >= 0.3 is 11.7 Å². The van der Waals surface area contributed by atoms with Crippen molar-refractivity contribution in [3.8, 4) is 28.6 Å². The lowest BCUT2D eigenvalue weighted by molar-refractivity contribution is -0.385. The Labute approximate surface area is 166 Å². The van der Waals surface area contributed by atoms with Gasteiger partial charge in [-0.05, 0) is 49.4 Å². The van der Waals surface area contributed by atoms with Crippen molar-refractivity contribution in [1.29, 1.82) is 0 Å². The first-order chi connectivity index (χ1) is 14.0. The zero-order valence-corrected chi connectivity index (χ0v) is 15.7. The third kappa shape index (κ3) is 4.64. The number of nitrogens with zero attached hydrogens (tertiary/aromatic N) is 3. The number of carbonyl (C=O) groups is 1. The fraction of sp³-hybridized carbons (Fsp3) is 0.150. The average Bonchev–Trinajstić information content (AvgIpc) is 2.74. The van der Waals surface area contributed by atoms with Crippen LogP contribution in [0.1, 0.15) is 17.3 Å². The summed E-state index contributed by atoms with van der Waals surface area (Å²) in [7, 11) is 1.31. The van der Waals surface area contributed by atoms with Crippen LogP contribution in [-0.2, 0) is 0 Å². The minimum Gasteiger partial charge on any atom is -0.494 e. The second-order valence-electron chi connectivity index (χ2n) is 5.75. The molecule has 0 bridgehead atoms. The van der Waals surface area contributed by atoms with Crippen LogP contribution in [0.2, 0.25) is 0 Å². The van der Waals surface area contributed by atoms with Gasteiger partial charge in [-0.1, -0.05) is 0 Å².